The van der Waals surface area contributed by atoms with Crippen LogP contribution < -0.4 is 16.0 Å². The Labute approximate surface area is 113 Å². The van der Waals surface area contributed by atoms with Gasteiger partial charge in [-0.05, 0) is 19.3 Å². The fourth-order valence-corrected chi connectivity index (χ4v) is 2.03. The Kier molecular flexibility index (Phi) is 4.19. The highest BCUT2D eigenvalue weighted by Gasteiger charge is 2.24. The van der Waals surface area contributed by atoms with E-state index in [4.69, 9.17) is 5.73 Å². The maximum atomic E-state index is 11.8. The van der Waals surface area contributed by atoms with E-state index >= 15 is 0 Å². The van der Waals surface area contributed by atoms with E-state index in [2.05, 4.69) is 22.2 Å². The lowest BCUT2D eigenvalue weighted by Gasteiger charge is -2.21. The zero-order chi connectivity index (χ0) is 13.8. The second kappa shape index (κ2) is 5.86. The number of nitrogen functional groups attached to an aromatic ring is 1. The lowest BCUT2D eigenvalue weighted by atomic mass is 10.1. The van der Waals surface area contributed by atoms with Crippen LogP contribution in [0.1, 0.15) is 31.7 Å². The highest BCUT2D eigenvalue weighted by atomic mass is 16.2. The molecule has 1 aromatic rings. The number of nitrogens with one attached hydrogen (secondary N) is 1. The second-order valence-corrected chi connectivity index (χ2v) is 5.01. The van der Waals surface area contributed by atoms with Crippen molar-refractivity contribution in [2.45, 2.75) is 38.6 Å². The number of rotatable bonds is 6. The molecule has 1 amide bonds. The fraction of sp³-hybridized carbons (Fsp3) is 0.615. The Bertz CT molecular complexity index is 458. The van der Waals surface area contributed by atoms with Gasteiger partial charge in [0, 0.05) is 18.7 Å². The molecular formula is C13H21N5O. The Hall–Kier alpha value is -1.85. The summed E-state index contributed by atoms with van der Waals surface area (Å²) in [4.78, 5) is 21.9. The standard InChI is InChI=1S/C13H21N5O/c1-3-4-10-12(14)15-8-16-13(10)18(2)7-11(19)17-9-5-6-9/h8-9H,3-7H2,1-2H3,(H,17,19)(H2,14,15,16). The summed E-state index contributed by atoms with van der Waals surface area (Å²) >= 11 is 0. The van der Waals surface area contributed by atoms with Crippen molar-refractivity contribution in [2.75, 3.05) is 24.2 Å². The predicted molar refractivity (Wildman–Crippen MR) is 74.9 cm³/mol. The predicted octanol–water partition coefficient (Wildman–Crippen LogP) is 0.726. The van der Waals surface area contributed by atoms with Crippen molar-refractivity contribution in [3.63, 3.8) is 0 Å². The molecule has 0 saturated heterocycles. The van der Waals surface area contributed by atoms with Crippen LogP contribution >= 0.6 is 0 Å². The molecule has 0 unspecified atom stereocenters. The summed E-state index contributed by atoms with van der Waals surface area (Å²) in [6.07, 6.45) is 5.41. The third kappa shape index (κ3) is 3.56. The van der Waals surface area contributed by atoms with Gasteiger partial charge in [0.2, 0.25) is 5.91 Å². The van der Waals surface area contributed by atoms with E-state index in [-0.39, 0.29) is 5.91 Å². The van der Waals surface area contributed by atoms with Gasteiger partial charge in [-0.2, -0.15) is 0 Å². The molecule has 1 fully saturated rings. The highest BCUT2D eigenvalue weighted by Crippen LogP contribution is 2.22. The first-order chi connectivity index (χ1) is 9.11. The molecule has 6 nitrogen and oxygen atoms in total. The van der Waals surface area contributed by atoms with Crippen LogP contribution in [0.15, 0.2) is 6.33 Å². The van der Waals surface area contributed by atoms with Gasteiger partial charge in [-0.1, -0.05) is 13.3 Å². The lowest BCUT2D eigenvalue weighted by Crippen LogP contribution is -2.37. The number of aromatic nitrogens is 2. The maximum Gasteiger partial charge on any atom is 0.239 e. The number of anilines is 2. The summed E-state index contributed by atoms with van der Waals surface area (Å²) in [5, 5.41) is 2.97. The number of hydrogen-bond donors (Lipinski definition) is 2. The van der Waals surface area contributed by atoms with Crippen LogP contribution in [0, 0.1) is 0 Å². The molecule has 1 aromatic heterocycles. The highest BCUT2D eigenvalue weighted by molar-refractivity contribution is 5.81. The third-order valence-corrected chi connectivity index (χ3v) is 3.14. The minimum atomic E-state index is 0.0321. The third-order valence-electron chi connectivity index (χ3n) is 3.14. The van der Waals surface area contributed by atoms with Crippen molar-refractivity contribution in [1.82, 2.24) is 15.3 Å². The van der Waals surface area contributed by atoms with E-state index in [1.807, 2.05) is 11.9 Å². The van der Waals surface area contributed by atoms with Gasteiger partial charge in [0.1, 0.15) is 18.0 Å². The van der Waals surface area contributed by atoms with Crippen molar-refractivity contribution in [3.05, 3.63) is 11.9 Å². The van der Waals surface area contributed by atoms with Crippen LogP contribution in [0.4, 0.5) is 11.6 Å². The number of hydrogen-bond acceptors (Lipinski definition) is 5. The van der Waals surface area contributed by atoms with Crippen molar-refractivity contribution in [2.24, 2.45) is 0 Å². The first-order valence-corrected chi connectivity index (χ1v) is 6.71. The van der Waals surface area contributed by atoms with Gasteiger partial charge < -0.3 is 16.0 Å². The number of carbonyl (C=O) groups is 1. The summed E-state index contributed by atoms with van der Waals surface area (Å²) in [6, 6.07) is 0.381. The molecule has 6 heteroatoms. The Balaban J connectivity index is 2.06. The largest absolute Gasteiger partial charge is 0.383 e. The Morgan fingerprint density at radius 1 is 1.53 bits per heavy atom. The van der Waals surface area contributed by atoms with Gasteiger partial charge in [0.15, 0.2) is 0 Å². The molecule has 104 valence electrons. The minimum Gasteiger partial charge on any atom is -0.383 e. The van der Waals surface area contributed by atoms with E-state index in [9.17, 15) is 4.79 Å². The first-order valence-electron chi connectivity index (χ1n) is 6.71. The molecule has 0 aliphatic heterocycles. The minimum absolute atomic E-state index is 0.0321. The van der Waals surface area contributed by atoms with Gasteiger partial charge in [0.25, 0.3) is 0 Å². The van der Waals surface area contributed by atoms with Crippen molar-refractivity contribution >= 4 is 17.5 Å². The summed E-state index contributed by atoms with van der Waals surface area (Å²) in [5.74, 6) is 1.28. The Morgan fingerprint density at radius 3 is 2.89 bits per heavy atom. The lowest BCUT2D eigenvalue weighted by molar-refractivity contribution is -0.119. The molecule has 1 saturated carbocycles. The molecule has 1 aliphatic rings. The first kappa shape index (κ1) is 13.6. The normalized spacial score (nSPS) is 14.2. The summed E-state index contributed by atoms with van der Waals surface area (Å²) in [7, 11) is 1.85. The quantitative estimate of drug-likeness (QED) is 0.790. The molecule has 1 heterocycles. The molecular weight excluding hydrogens is 242 g/mol. The monoisotopic (exact) mass is 263 g/mol. The molecule has 0 spiro atoms. The van der Waals surface area contributed by atoms with E-state index in [1.165, 1.54) is 6.33 Å². The number of likely N-dealkylation sites (N-methyl/N-ethyl adjacent to an activating group) is 1. The van der Waals surface area contributed by atoms with Crippen molar-refractivity contribution in [3.8, 4) is 0 Å². The molecule has 19 heavy (non-hydrogen) atoms. The topological polar surface area (TPSA) is 84.1 Å². The average molecular weight is 263 g/mol. The van der Waals surface area contributed by atoms with E-state index < -0.39 is 0 Å². The van der Waals surface area contributed by atoms with Crippen LogP contribution in [-0.4, -0.2) is 35.5 Å². The number of carbonyl (C=O) groups excluding carboxylic acids is 1. The Morgan fingerprint density at radius 2 is 2.26 bits per heavy atom. The number of nitrogens with two attached hydrogens (primary N) is 1. The van der Waals surface area contributed by atoms with Crippen molar-refractivity contribution in [1.29, 1.82) is 0 Å². The van der Waals surface area contributed by atoms with Gasteiger partial charge in [0.05, 0.1) is 6.54 Å². The summed E-state index contributed by atoms with van der Waals surface area (Å²) in [6.45, 7) is 2.37. The molecule has 0 radical (unpaired) electrons. The molecule has 0 aromatic carbocycles. The van der Waals surface area contributed by atoms with Crippen LogP contribution in [0.25, 0.3) is 0 Å². The molecule has 1 aliphatic carbocycles. The van der Waals surface area contributed by atoms with Gasteiger partial charge in [-0.15, -0.1) is 0 Å². The maximum absolute atomic E-state index is 11.8. The van der Waals surface area contributed by atoms with Gasteiger partial charge in [-0.3, -0.25) is 4.79 Å². The van der Waals surface area contributed by atoms with Crippen LogP contribution in [-0.2, 0) is 11.2 Å². The van der Waals surface area contributed by atoms with E-state index in [1.54, 1.807) is 0 Å². The zero-order valence-electron chi connectivity index (χ0n) is 11.5. The second-order valence-electron chi connectivity index (χ2n) is 5.01. The summed E-state index contributed by atoms with van der Waals surface area (Å²) < 4.78 is 0. The molecule has 3 N–H and O–H groups in total. The molecule has 2 rings (SSSR count). The van der Waals surface area contributed by atoms with Crippen molar-refractivity contribution < 1.29 is 4.79 Å². The van der Waals surface area contributed by atoms with Crippen LogP contribution in [0.3, 0.4) is 0 Å². The SMILES string of the molecule is CCCc1c(N)ncnc1N(C)CC(=O)NC1CC1. The van der Waals surface area contributed by atoms with E-state index in [0.29, 0.717) is 18.4 Å². The number of nitrogens with zero attached hydrogens (tertiary/aromatic N) is 3. The van der Waals surface area contributed by atoms with Gasteiger partial charge >= 0.3 is 0 Å². The summed E-state index contributed by atoms with van der Waals surface area (Å²) in [5.41, 5.74) is 6.81. The molecule has 0 atom stereocenters. The zero-order valence-corrected chi connectivity index (χ0v) is 11.5. The fourth-order valence-electron chi connectivity index (χ4n) is 2.03. The average Bonchev–Trinajstić information content (AvgIpc) is 3.15. The van der Waals surface area contributed by atoms with E-state index in [0.717, 1.165) is 37.1 Å². The van der Waals surface area contributed by atoms with Crippen LogP contribution in [0.2, 0.25) is 0 Å². The van der Waals surface area contributed by atoms with Crippen LogP contribution in [0.5, 0.6) is 0 Å². The van der Waals surface area contributed by atoms with Gasteiger partial charge in [-0.25, -0.2) is 9.97 Å². The molecule has 0 bridgehead atoms. The smallest absolute Gasteiger partial charge is 0.239 e. The number of amides is 1.